The SMILES string of the molecule is CCn1cc(-c2ccccc2C2CN(C(=O)/C=C/CN(C)C)C(O)(O)c3sc(Cl)cc32)c(C(F)(F)F)n1. The number of nitrogens with zero attached hydrogens (tertiary/aromatic N) is 4. The molecule has 4 rings (SSSR count). The van der Waals surface area contributed by atoms with Gasteiger partial charge in [-0.05, 0) is 43.8 Å². The molecule has 3 aromatic rings. The van der Waals surface area contributed by atoms with Crippen LogP contribution in [-0.4, -0.2) is 62.9 Å². The fraction of sp³-hybridized carbons (Fsp3) is 0.360. The highest BCUT2D eigenvalue weighted by atomic mass is 35.5. The number of carbonyl (C=O) groups excluding carboxylic acids is 1. The number of alkyl halides is 3. The maximum atomic E-state index is 13.9. The minimum Gasteiger partial charge on any atom is -0.344 e. The number of aromatic nitrogens is 2. The predicted molar refractivity (Wildman–Crippen MR) is 135 cm³/mol. The predicted octanol–water partition coefficient (Wildman–Crippen LogP) is 4.49. The molecule has 198 valence electrons. The van der Waals surface area contributed by atoms with Gasteiger partial charge >= 0.3 is 6.18 Å². The summed E-state index contributed by atoms with van der Waals surface area (Å²) in [5.74, 6) is -3.97. The van der Waals surface area contributed by atoms with Crippen molar-refractivity contribution in [3.8, 4) is 11.1 Å². The number of hydrogen-bond donors (Lipinski definition) is 2. The number of benzene rings is 1. The lowest BCUT2D eigenvalue weighted by atomic mass is 9.83. The van der Waals surface area contributed by atoms with Gasteiger partial charge in [-0.1, -0.05) is 41.9 Å². The van der Waals surface area contributed by atoms with Crippen molar-refractivity contribution in [2.24, 2.45) is 0 Å². The summed E-state index contributed by atoms with van der Waals surface area (Å²) in [4.78, 5) is 15.8. The Morgan fingerprint density at radius 3 is 2.62 bits per heavy atom. The minimum absolute atomic E-state index is 0.0400. The zero-order valence-corrected chi connectivity index (χ0v) is 21.9. The van der Waals surface area contributed by atoms with Crippen molar-refractivity contribution in [1.29, 1.82) is 0 Å². The summed E-state index contributed by atoms with van der Waals surface area (Å²) in [6, 6.07) is 8.12. The molecule has 1 unspecified atom stereocenters. The number of amides is 1. The van der Waals surface area contributed by atoms with E-state index in [0.717, 1.165) is 16.2 Å². The van der Waals surface area contributed by atoms with Gasteiger partial charge in [-0.3, -0.25) is 14.4 Å². The van der Waals surface area contributed by atoms with E-state index in [1.54, 1.807) is 43.3 Å². The molecule has 0 fully saturated rings. The first-order valence-electron chi connectivity index (χ1n) is 11.5. The second-order valence-corrected chi connectivity index (χ2v) is 10.7. The lowest BCUT2D eigenvalue weighted by Gasteiger charge is -2.42. The molecule has 1 amide bonds. The van der Waals surface area contributed by atoms with E-state index >= 15 is 0 Å². The van der Waals surface area contributed by atoms with Crippen LogP contribution in [0.4, 0.5) is 13.2 Å². The Hall–Kier alpha value is -2.70. The van der Waals surface area contributed by atoms with Crippen LogP contribution < -0.4 is 0 Å². The van der Waals surface area contributed by atoms with Gasteiger partial charge < -0.3 is 15.1 Å². The summed E-state index contributed by atoms with van der Waals surface area (Å²) in [6.45, 7) is 2.20. The van der Waals surface area contributed by atoms with Crippen LogP contribution in [0, 0.1) is 0 Å². The molecule has 2 aromatic heterocycles. The first kappa shape index (κ1) is 27.3. The van der Waals surface area contributed by atoms with E-state index in [1.807, 2.05) is 19.0 Å². The number of fused-ring (bicyclic) bond motifs is 1. The number of likely N-dealkylation sites (N-methyl/N-ethyl adjacent to an activating group) is 1. The van der Waals surface area contributed by atoms with Crippen molar-refractivity contribution in [1.82, 2.24) is 19.6 Å². The third kappa shape index (κ3) is 5.32. The molecule has 12 heteroatoms. The van der Waals surface area contributed by atoms with Gasteiger partial charge in [0, 0.05) is 43.4 Å². The molecule has 7 nitrogen and oxygen atoms in total. The van der Waals surface area contributed by atoms with E-state index in [2.05, 4.69) is 5.10 Å². The summed E-state index contributed by atoms with van der Waals surface area (Å²) in [6.07, 6.45) is -0.497. The molecular weight excluding hydrogens is 529 g/mol. The molecule has 2 N–H and O–H groups in total. The summed E-state index contributed by atoms with van der Waals surface area (Å²) < 4.78 is 43.2. The third-order valence-electron chi connectivity index (χ3n) is 6.13. The van der Waals surface area contributed by atoms with Crippen molar-refractivity contribution in [2.45, 2.75) is 31.5 Å². The summed E-state index contributed by atoms with van der Waals surface area (Å²) in [5, 5.41) is 25.8. The third-order valence-corrected chi connectivity index (χ3v) is 7.50. The van der Waals surface area contributed by atoms with Crippen molar-refractivity contribution in [2.75, 3.05) is 27.2 Å². The highest BCUT2D eigenvalue weighted by molar-refractivity contribution is 7.16. The number of halogens is 4. The smallest absolute Gasteiger partial charge is 0.344 e. The molecule has 1 aliphatic rings. The van der Waals surface area contributed by atoms with Crippen molar-refractivity contribution < 1.29 is 28.2 Å². The highest BCUT2D eigenvalue weighted by Crippen LogP contribution is 2.48. The standard InChI is InChI=1S/C25H26ClF3N4O3S/c1-4-32-13-19(22(30-32)24(27,28)29)16-9-6-5-8-15(16)18-14-33(21(34)10-7-11-31(2)3)25(35,36)23-17(18)12-20(26)37-23/h5-10,12-13,18,35-36H,4,11,14H2,1-3H3/b10-7+. The molecule has 3 heterocycles. The van der Waals surface area contributed by atoms with Crippen molar-refractivity contribution >= 4 is 28.8 Å². The molecule has 0 saturated carbocycles. The quantitative estimate of drug-likeness (QED) is 0.347. The second-order valence-electron chi connectivity index (χ2n) is 8.97. The Morgan fingerprint density at radius 2 is 1.97 bits per heavy atom. The van der Waals surface area contributed by atoms with E-state index < -0.39 is 29.6 Å². The highest BCUT2D eigenvalue weighted by Gasteiger charge is 2.48. The molecule has 0 saturated heterocycles. The number of rotatable bonds is 6. The zero-order valence-electron chi connectivity index (χ0n) is 20.3. The monoisotopic (exact) mass is 554 g/mol. The maximum absolute atomic E-state index is 13.9. The van der Waals surface area contributed by atoms with Gasteiger partial charge in [-0.2, -0.15) is 18.3 Å². The topological polar surface area (TPSA) is 81.8 Å². The number of aryl methyl sites for hydroxylation is 1. The van der Waals surface area contributed by atoms with Crippen molar-refractivity contribution in [3.63, 3.8) is 0 Å². The van der Waals surface area contributed by atoms with Crippen molar-refractivity contribution in [3.05, 3.63) is 74.7 Å². The van der Waals surface area contributed by atoms with E-state index in [9.17, 15) is 28.2 Å². The van der Waals surface area contributed by atoms with E-state index in [0.29, 0.717) is 17.7 Å². The Kier molecular flexibility index (Phi) is 7.55. The average molecular weight is 555 g/mol. The molecule has 37 heavy (non-hydrogen) atoms. The lowest BCUT2D eigenvalue weighted by molar-refractivity contribution is -0.268. The fourth-order valence-electron chi connectivity index (χ4n) is 4.43. The number of carbonyl (C=O) groups is 1. The molecule has 0 spiro atoms. The Morgan fingerprint density at radius 1 is 1.27 bits per heavy atom. The molecule has 1 aliphatic heterocycles. The van der Waals surface area contributed by atoms with Gasteiger partial charge in [-0.15, -0.1) is 11.3 Å². The number of thiophene rings is 1. The van der Waals surface area contributed by atoms with Gasteiger partial charge in [0.25, 0.3) is 11.8 Å². The molecule has 0 aliphatic carbocycles. The normalized spacial score (nSPS) is 17.6. The Labute approximate surface area is 221 Å². The summed E-state index contributed by atoms with van der Waals surface area (Å²) in [5.41, 5.74) is 0.0858. The zero-order chi connectivity index (χ0) is 27.1. The first-order chi connectivity index (χ1) is 17.3. The van der Waals surface area contributed by atoms with Crippen LogP contribution in [0.3, 0.4) is 0 Å². The largest absolute Gasteiger partial charge is 0.435 e. The van der Waals surface area contributed by atoms with E-state index in [1.165, 1.54) is 17.0 Å². The molecule has 1 atom stereocenters. The van der Waals surface area contributed by atoms with Crippen LogP contribution in [0.1, 0.15) is 34.5 Å². The van der Waals surface area contributed by atoms with E-state index in [-0.39, 0.29) is 33.4 Å². The lowest BCUT2D eigenvalue weighted by Crippen LogP contribution is -2.53. The van der Waals surface area contributed by atoms with Crippen LogP contribution in [0.25, 0.3) is 11.1 Å². The average Bonchev–Trinajstić information content (AvgIpc) is 3.43. The van der Waals surface area contributed by atoms with Crippen LogP contribution in [0.15, 0.2) is 48.7 Å². The molecule has 0 bridgehead atoms. The maximum Gasteiger partial charge on any atom is 0.435 e. The molecule has 0 radical (unpaired) electrons. The number of hydrogen-bond acceptors (Lipinski definition) is 6. The van der Waals surface area contributed by atoms with Gasteiger partial charge in [0.2, 0.25) is 0 Å². The Bertz CT molecular complexity index is 1330. The van der Waals surface area contributed by atoms with Gasteiger partial charge in [0.1, 0.15) is 0 Å². The van der Waals surface area contributed by atoms with Gasteiger partial charge in [-0.25, -0.2) is 0 Å². The first-order valence-corrected chi connectivity index (χ1v) is 12.6. The van der Waals surface area contributed by atoms with E-state index in [4.69, 9.17) is 11.6 Å². The van der Waals surface area contributed by atoms with Crippen LogP contribution >= 0.6 is 22.9 Å². The number of aliphatic hydroxyl groups is 2. The summed E-state index contributed by atoms with van der Waals surface area (Å²) in [7, 11) is 3.64. The Balaban J connectivity index is 1.86. The second kappa shape index (κ2) is 10.2. The van der Waals surface area contributed by atoms with Gasteiger partial charge in [0.05, 0.1) is 9.21 Å². The molecule has 1 aromatic carbocycles. The molecular formula is C25H26ClF3N4O3S. The minimum atomic E-state index is -4.68. The van der Waals surface area contributed by atoms with Crippen LogP contribution in [0.5, 0.6) is 0 Å². The fourth-order valence-corrected chi connectivity index (χ4v) is 5.72. The van der Waals surface area contributed by atoms with Gasteiger partial charge in [0.15, 0.2) is 5.69 Å². The van der Waals surface area contributed by atoms with Crippen LogP contribution in [-0.2, 0) is 23.4 Å². The van der Waals surface area contributed by atoms with Crippen LogP contribution in [0.2, 0.25) is 4.34 Å². The summed E-state index contributed by atoms with van der Waals surface area (Å²) >= 11 is 7.16.